The van der Waals surface area contributed by atoms with Crippen molar-refractivity contribution >= 4 is 28.6 Å². The standard InChI is InChI=1S/C26H31N5O3/c1-6-34-26(32)30-25-28-23-14-20(13-21(24(23)29-25)22-9-7-8-10-27-22)19-11-16(2)31(17(3)12-19)18(4)15-33-5/h7-14,16,18H,6,15H2,1-5H3,(H2,28,29,30,32). The predicted molar refractivity (Wildman–Crippen MR) is 134 cm³/mol. The van der Waals surface area contributed by atoms with E-state index >= 15 is 0 Å². The molecule has 0 fully saturated rings. The minimum atomic E-state index is -0.547. The molecule has 3 aromatic rings. The van der Waals surface area contributed by atoms with E-state index in [1.165, 1.54) is 5.70 Å². The average molecular weight is 462 g/mol. The van der Waals surface area contributed by atoms with Gasteiger partial charge in [0.25, 0.3) is 0 Å². The summed E-state index contributed by atoms with van der Waals surface area (Å²) in [5.74, 6) is 0.333. The van der Waals surface area contributed by atoms with Gasteiger partial charge in [0.2, 0.25) is 5.95 Å². The molecule has 2 atom stereocenters. The molecule has 2 N–H and O–H groups in total. The van der Waals surface area contributed by atoms with Crippen LogP contribution in [0.5, 0.6) is 0 Å². The lowest BCUT2D eigenvalue weighted by molar-refractivity contribution is 0.109. The Bertz CT molecular complexity index is 1230. The molecule has 178 valence electrons. The van der Waals surface area contributed by atoms with E-state index in [4.69, 9.17) is 9.47 Å². The summed E-state index contributed by atoms with van der Waals surface area (Å²) in [6.07, 6.45) is 5.67. The first-order valence-corrected chi connectivity index (χ1v) is 11.5. The number of carbonyl (C=O) groups is 1. The summed E-state index contributed by atoms with van der Waals surface area (Å²) in [5.41, 5.74) is 6.59. The molecule has 2 unspecified atom stereocenters. The van der Waals surface area contributed by atoms with Crippen LogP contribution in [0.2, 0.25) is 0 Å². The Labute approximate surface area is 199 Å². The Balaban J connectivity index is 1.78. The molecule has 0 bridgehead atoms. The maximum absolute atomic E-state index is 11.9. The van der Waals surface area contributed by atoms with Crippen LogP contribution in [0.3, 0.4) is 0 Å². The van der Waals surface area contributed by atoms with Gasteiger partial charge in [-0.3, -0.25) is 10.3 Å². The molecule has 8 heteroatoms. The number of amides is 1. The molecule has 8 nitrogen and oxygen atoms in total. The molecule has 3 heterocycles. The summed E-state index contributed by atoms with van der Waals surface area (Å²) < 4.78 is 10.4. The number of H-pyrrole nitrogens is 1. The highest BCUT2D eigenvalue weighted by molar-refractivity contribution is 5.97. The fraction of sp³-hybridized carbons (Fsp3) is 0.346. The van der Waals surface area contributed by atoms with E-state index in [2.05, 4.69) is 70.2 Å². The van der Waals surface area contributed by atoms with Gasteiger partial charge in [-0.05, 0) is 69.2 Å². The minimum absolute atomic E-state index is 0.210. The van der Waals surface area contributed by atoms with Crippen molar-refractivity contribution in [3.8, 4) is 11.3 Å². The SMILES string of the molecule is CCOC(=O)Nc1nc2c(-c3ccccn3)cc(C3=CC(C)N(C(C)COC)C(C)=C3)cc2[nH]1. The molecular formula is C26H31N5O3. The van der Waals surface area contributed by atoms with Gasteiger partial charge in [-0.25, -0.2) is 9.78 Å². The highest BCUT2D eigenvalue weighted by atomic mass is 16.5. The molecule has 2 aromatic heterocycles. The second kappa shape index (κ2) is 10.1. The fourth-order valence-electron chi connectivity index (χ4n) is 4.58. The van der Waals surface area contributed by atoms with Gasteiger partial charge in [-0.1, -0.05) is 12.1 Å². The third kappa shape index (κ3) is 4.82. The summed E-state index contributed by atoms with van der Waals surface area (Å²) in [6, 6.07) is 10.4. The van der Waals surface area contributed by atoms with Crippen molar-refractivity contribution in [3.63, 3.8) is 0 Å². The van der Waals surface area contributed by atoms with E-state index in [9.17, 15) is 4.79 Å². The lowest BCUT2D eigenvalue weighted by atomic mass is 9.94. The quantitative estimate of drug-likeness (QED) is 0.501. The molecule has 0 aliphatic carbocycles. The number of ether oxygens (including phenoxy) is 2. The Morgan fingerprint density at radius 3 is 2.82 bits per heavy atom. The number of hydrogen-bond donors (Lipinski definition) is 2. The van der Waals surface area contributed by atoms with Gasteiger partial charge in [0.05, 0.1) is 29.9 Å². The molecule has 1 aromatic carbocycles. The fourth-order valence-corrected chi connectivity index (χ4v) is 4.58. The third-order valence-corrected chi connectivity index (χ3v) is 5.87. The summed E-state index contributed by atoms with van der Waals surface area (Å²) >= 11 is 0. The smallest absolute Gasteiger partial charge is 0.413 e. The highest BCUT2D eigenvalue weighted by Crippen LogP contribution is 2.34. The molecule has 0 spiro atoms. The van der Waals surface area contributed by atoms with Crippen LogP contribution in [0.1, 0.15) is 33.3 Å². The summed E-state index contributed by atoms with van der Waals surface area (Å²) in [6.45, 7) is 9.20. The van der Waals surface area contributed by atoms with Gasteiger partial charge in [-0.15, -0.1) is 0 Å². The van der Waals surface area contributed by atoms with Crippen LogP contribution in [0, 0.1) is 0 Å². The number of benzene rings is 1. The molecule has 0 saturated carbocycles. The maximum atomic E-state index is 11.9. The maximum Gasteiger partial charge on any atom is 0.413 e. The van der Waals surface area contributed by atoms with Crippen LogP contribution in [0.4, 0.5) is 10.7 Å². The molecule has 34 heavy (non-hydrogen) atoms. The number of nitrogens with one attached hydrogen (secondary N) is 2. The van der Waals surface area contributed by atoms with Crippen molar-refractivity contribution < 1.29 is 14.3 Å². The van der Waals surface area contributed by atoms with E-state index in [1.54, 1.807) is 20.2 Å². The van der Waals surface area contributed by atoms with Crippen LogP contribution >= 0.6 is 0 Å². The number of imidazole rings is 1. The van der Waals surface area contributed by atoms with Crippen molar-refractivity contribution in [2.75, 3.05) is 25.6 Å². The number of anilines is 1. The van der Waals surface area contributed by atoms with Crippen LogP contribution in [0.25, 0.3) is 27.9 Å². The van der Waals surface area contributed by atoms with E-state index in [1.807, 2.05) is 18.2 Å². The Hall–Kier alpha value is -3.65. The van der Waals surface area contributed by atoms with Crippen LogP contribution in [0.15, 0.2) is 54.4 Å². The van der Waals surface area contributed by atoms with Crippen LogP contribution < -0.4 is 5.32 Å². The molecule has 1 aliphatic rings. The first kappa shape index (κ1) is 23.5. The number of aromatic amines is 1. The van der Waals surface area contributed by atoms with Crippen LogP contribution in [-0.4, -0.2) is 58.4 Å². The number of pyridine rings is 1. The van der Waals surface area contributed by atoms with E-state index in [-0.39, 0.29) is 18.7 Å². The van der Waals surface area contributed by atoms with E-state index in [0.717, 1.165) is 33.4 Å². The number of fused-ring (bicyclic) bond motifs is 1. The lowest BCUT2D eigenvalue weighted by Crippen LogP contribution is -2.41. The van der Waals surface area contributed by atoms with E-state index < -0.39 is 6.09 Å². The van der Waals surface area contributed by atoms with Gasteiger partial charge >= 0.3 is 6.09 Å². The van der Waals surface area contributed by atoms with Crippen molar-refractivity contribution in [1.82, 2.24) is 19.9 Å². The van der Waals surface area contributed by atoms with Gasteiger partial charge in [0, 0.05) is 36.7 Å². The Morgan fingerprint density at radius 2 is 2.15 bits per heavy atom. The Morgan fingerprint density at radius 1 is 1.32 bits per heavy atom. The molecule has 1 aliphatic heterocycles. The number of methoxy groups -OCH3 is 1. The second-order valence-corrected chi connectivity index (χ2v) is 8.43. The summed E-state index contributed by atoms with van der Waals surface area (Å²) in [5, 5.41) is 2.66. The number of nitrogens with zero attached hydrogens (tertiary/aromatic N) is 3. The number of allylic oxidation sites excluding steroid dienone is 3. The molecule has 0 saturated heterocycles. The molecule has 1 amide bonds. The molecular weight excluding hydrogens is 430 g/mol. The molecule has 4 rings (SSSR count). The molecule has 0 radical (unpaired) electrons. The van der Waals surface area contributed by atoms with Crippen molar-refractivity contribution in [2.45, 2.75) is 39.8 Å². The minimum Gasteiger partial charge on any atom is -0.450 e. The van der Waals surface area contributed by atoms with Gasteiger partial charge < -0.3 is 19.4 Å². The predicted octanol–water partition coefficient (Wildman–Crippen LogP) is 5.22. The third-order valence-electron chi connectivity index (χ3n) is 5.87. The number of rotatable bonds is 7. The summed E-state index contributed by atoms with van der Waals surface area (Å²) in [4.78, 5) is 26.7. The normalized spacial score (nSPS) is 16.7. The van der Waals surface area contributed by atoms with Crippen LogP contribution in [-0.2, 0) is 9.47 Å². The zero-order valence-electron chi connectivity index (χ0n) is 20.3. The first-order valence-electron chi connectivity index (χ1n) is 11.5. The number of carbonyl (C=O) groups excluding carboxylic acids is 1. The van der Waals surface area contributed by atoms with E-state index in [0.29, 0.717) is 12.6 Å². The van der Waals surface area contributed by atoms with Crippen molar-refractivity contribution in [2.24, 2.45) is 0 Å². The van der Waals surface area contributed by atoms with Gasteiger partial charge in [-0.2, -0.15) is 0 Å². The first-order chi connectivity index (χ1) is 16.4. The largest absolute Gasteiger partial charge is 0.450 e. The number of hydrogen-bond acceptors (Lipinski definition) is 6. The lowest BCUT2D eigenvalue weighted by Gasteiger charge is -2.38. The zero-order chi connectivity index (χ0) is 24.2. The number of aromatic nitrogens is 3. The average Bonchev–Trinajstić information content (AvgIpc) is 3.21. The van der Waals surface area contributed by atoms with Gasteiger partial charge in [0.1, 0.15) is 0 Å². The Kier molecular flexibility index (Phi) is 6.98. The zero-order valence-corrected chi connectivity index (χ0v) is 20.3. The highest BCUT2D eigenvalue weighted by Gasteiger charge is 2.24. The second-order valence-electron chi connectivity index (χ2n) is 8.43. The van der Waals surface area contributed by atoms with Crippen molar-refractivity contribution in [3.05, 3.63) is 59.9 Å². The topological polar surface area (TPSA) is 92.4 Å². The monoisotopic (exact) mass is 461 g/mol. The summed E-state index contributed by atoms with van der Waals surface area (Å²) in [7, 11) is 1.73. The van der Waals surface area contributed by atoms with Crippen molar-refractivity contribution in [1.29, 1.82) is 0 Å². The van der Waals surface area contributed by atoms with Gasteiger partial charge in [0.15, 0.2) is 0 Å².